The highest BCUT2D eigenvalue weighted by Gasteiger charge is 2.32. The van der Waals surface area contributed by atoms with E-state index in [0.29, 0.717) is 37.5 Å². The van der Waals surface area contributed by atoms with E-state index in [2.05, 4.69) is 0 Å². The van der Waals surface area contributed by atoms with E-state index in [0.717, 1.165) is 25.3 Å². The number of amides is 1. The molecular weight excluding hydrogens is 369 g/mol. The summed E-state index contributed by atoms with van der Waals surface area (Å²) in [6.07, 6.45) is -1.59. The summed E-state index contributed by atoms with van der Waals surface area (Å²) in [4.78, 5) is 13.9. The highest BCUT2D eigenvalue weighted by atomic mass is 19.4. The molecule has 158 valence electrons. The van der Waals surface area contributed by atoms with Crippen LogP contribution in [0.15, 0.2) is 24.3 Å². The minimum absolute atomic E-state index is 0.00891. The number of carbonyl (C=O) groups excluding carboxylic acids is 1. The summed E-state index contributed by atoms with van der Waals surface area (Å²) in [5.74, 6) is 0.343. The van der Waals surface area contributed by atoms with Gasteiger partial charge in [-0.05, 0) is 76.5 Å². The predicted molar refractivity (Wildman–Crippen MR) is 103 cm³/mol. The van der Waals surface area contributed by atoms with Gasteiger partial charge >= 0.3 is 12.3 Å². The molecule has 1 atom stereocenters. The first-order valence-electron chi connectivity index (χ1n) is 9.84. The van der Waals surface area contributed by atoms with Gasteiger partial charge in [-0.1, -0.05) is 18.2 Å². The number of ether oxygens (including phenoxy) is 1. The third-order valence-corrected chi connectivity index (χ3v) is 5.08. The third kappa shape index (κ3) is 6.69. The average Bonchev–Trinajstić information content (AvgIpc) is 2.60. The summed E-state index contributed by atoms with van der Waals surface area (Å²) in [6.45, 7) is 7.16. The molecule has 1 unspecified atom stereocenters. The van der Waals surface area contributed by atoms with Crippen LogP contribution in [-0.4, -0.2) is 36.2 Å². The quantitative estimate of drug-likeness (QED) is 0.741. The molecule has 2 N–H and O–H groups in total. The minimum Gasteiger partial charge on any atom is -0.444 e. The summed E-state index contributed by atoms with van der Waals surface area (Å²) in [5.41, 5.74) is 5.27. The van der Waals surface area contributed by atoms with Crippen molar-refractivity contribution < 1.29 is 22.7 Å². The molecule has 1 aliphatic heterocycles. The molecule has 0 radical (unpaired) electrons. The number of rotatable bonds is 5. The second-order valence-corrected chi connectivity index (χ2v) is 8.54. The van der Waals surface area contributed by atoms with Crippen LogP contribution in [0.3, 0.4) is 0 Å². The zero-order chi connectivity index (χ0) is 20.9. The van der Waals surface area contributed by atoms with Crippen LogP contribution in [0.25, 0.3) is 0 Å². The molecule has 28 heavy (non-hydrogen) atoms. The summed E-state index contributed by atoms with van der Waals surface area (Å²) < 4.78 is 44.5. The van der Waals surface area contributed by atoms with E-state index in [1.54, 1.807) is 11.0 Å². The molecule has 0 saturated carbocycles. The third-order valence-electron chi connectivity index (χ3n) is 5.08. The number of halogens is 3. The zero-order valence-corrected chi connectivity index (χ0v) is 16.9. The maximum absolute atomic E-state index is 13.0. The molecule has 1 fully saturated rings. The van der Waals surface area contributed by atoms with Crippen LogP contribution in [0.4, 0.5) is 18.0 Å². The Morgan fingerprint density at radius 1 is 1.25 bits per heavy atom. The lowest BCUT2D eigenvalue weighted by Gasteiger charge is -2.34. The number of nitrogens with zero attached hydrogens (tertiary/aromatic N) is 1. The van der Waals surface area contributed by atoms with Gasteiger partial charge in [-0.25, -0.2) is 4.79 Å². The molecule has 1 amide bonds. The van der Waals surface area contributed by atoms with Crippen molar-refractivity contribution in [2.75, 3.05) is 19.6 Å². The van der Waals surface area contributed by atoms with Crippen LogP contribution < -0.4 is 5.73 Å². The maximum Gasteiger partial charge on any atom is 0.416 e. The summed E-state index contributed by atoms with van der Waals surface area (Å²) in [5, 5.41) is 0. The fraction of sp³-hybridized carbons (Fsp3) is 0.667. The van der Waals surface area contributed by atoms with E-state index >= 15 is 0 Å². The Morgan fingerprint density at radius 2 is 1.89 bits per heavy atom. The number of hydrogen-bond acceptors (Lipinski definition) is 3. The molecule has 0 spiro atoms. The Bertz CT molecular complexity index is 648. The first kappa shape index (κ1) is 22.5. The zero-order valence-electron chi connectivity index (χ0n) is 16.9. The summed E-state index contributed by atoms with van der Waals surface area (Å²) in [6, 6.07) is 5.57. The minimum atomic E-state index is -4.35. The maximum atomic E-state index is 13.0. The Balaban J connectivity index is 1.98. The Morgan fingerprint density at radius 3 is 2.43 bits per heavy atom. The van der Waals surface area contributed by atoms with E-state index in [9.17, 15) is 18.0 Å². The molecule has 7 heteroatoms. The van der Waals surface area contributed by atoms with Crippen molar-refractivity contribution >= 4 is 6.09 Å². The van der Waals surface area contributed by atoms with E-state index in [1.165, 1.54) is 12.1 Å². The van der Waals surface area contributed by atoms with Crippen LogP contribution in [0.5, 0.6) is 0 Å². The SMILES string of the molecule is CC(C)(C)OC(=O)N1CCC(CC(CCN)c2cccc(C(F)(F)F)c2)CC1. The van der Waals surface area contributed by atoms with Gasteiger partial charge in [0.1, 0.15) is 5.60 Å². The van der Waals surface area contributed by atoms with Gasteiger partial charge in [-0.15, -0.1) is 0 Å². The van der Waals surface area contributed by atoms with Crippen molar-refractivity contribution in [1.82, 2.24) is 4.90 Å². The molecule has 1 aliphatic rings. The highest BCUT2D eigenvalue weighted by molar-refractivity contribution is 5.68. The van der Waals surface area contributed by atoms with Crippen molar-refractivity contribution in [1.29, 1.82) is 0 Å². The van der Waals surface area contributed by atoms with Crippen molar-refractivity contribution in [3.05, 3.63) is 35.4 Å². The average molecular weight is 400 g/mol. The normalized spacial score (nSPS) is 17.5. The van der Waals surface area contributed by atoms with E-state index in [1.807, 2.05) is 20.8 Å². The van der Waals surface area contributed by atoms with Gasteiger partial charge in [0, 0.05) is 13.1 Å². The predicted octanol–water partition coefficient (Wildman–Crippen LogP) is 5.18. The lowest BCUT2D eigenvalue weighted by Crippen LogP contribution is -2.41. The van der Waals surface area contributed by atoms with Crippen LogP contribution in [0, 0.1) is 5.92 Å². The van der Waals surface area contributed by atoms with Crippen LogP contribution in [0.2, 0.25) is 0 Å². The Hall–Kier alpha value is -1.76. The van der Waals surface area contributed by atoms with E-state index in [-0.39, 0.29) is 12.0 Å². The lowest BCUT2D eigenvalue weighted by atomic mass is 9.82. The Labute approximate surface area is 165 Å². The van der Waals surface area contributed by atoms with Gasteiger partial charge in [0.15, 0.2) is 0 Å². The number of hydrogen-bond donors (Lipinski definition) is 1. The van der Waals surface area contributed by atoms with Gasteiger partial charge in [-0.3, -0.25) is 0 Å². The fourth-order valence-corrected chi connectivity index (χ4v) is 3.67. The van der Waals surface area contributed by atoms with Crippen molar-refractivity contribution in [2.24, 2.45) is 11.7 Å². The molecule has 4 nitrogen and oxygen atoms in total. The highest BCUT2D eigenvalue weighted by Crippen LogP contribution is 2.35. The van der Waals surface area contributed by atoms with Crippen molar-refractivity contribution in [2.45, 2.75) is 64.1 Å². The monoisotopic (exact) mass is 400 g/mol. The summed E-state index contributed by atoms with van der Waals surface area (Å²) in [7, 11) is 0. The molecule has 1 aromatic carbocycles. The number of benzene rings is 1. The number of nitrogens with two attached hydrogens (primary N) is 1. The first-order valence-corrected chi connectivity index (χ1v) is 9.84. The molecule has 1 aromatic rings. The van der Waals surface area contributed by atoms with Crippen LogP contribution in [-0.2, 0) is 10.9 Å². The van der Waals surface area contributed by atoms with Crippen molar-refractivity contribution in [3.8, 4) is 0 Å². The molecule has 0 aliphatic carbocycles. The standard InChI is InChI=1S/C21H31F3N2O2/c1-20(2,3)28-19(27)26-11-8-15(9-12-26)13-17(7-10-25)16-5-4-6-18(14-16)21(22,23)24/h4-6,14-15,17H,7-13,25H2,1-3H3. The van der Waals surface area contributed by atoms with Gasteiger partial charge in [-0.2, -0.15) is 13.2 Å². The number of carbonyl (C=O) groups is 1. The van der Waals surface area contributed by atoms with Gasteiger partial charge < -0.3 is 15.4 Å². The number of likely N-dealkylation sites (tertiary alicyclic amines) is 1. The smallest absolute Gasteiger partial charge is 0.416 e. The molecule has 1 heterocycles. The summed E-state index contributed by atoms with van der Waals surface area (Å²) >= 11 is 0. The van der Waals surface area contributed by atoms with E-state index < -0.39 is 17.3 Å². The topological polar surface area (TPSA) is 55.6 Å². The largest absolute Gasteiger partial charge is 0.444 e. The van der Waals surface area contributed by atoms with Gasteiger partial charge in [0.2, 0.25) is 0 Å². The van der Waals surface area contributed by atoms with Gasteiger partial charge in [0.05, 0.1) is 5.56 Å². The number of piperidine rings is 1. The van der Waals surface area contributed by atoms with Crippen LogP contribution >= 0.6 is 0 Å². The van der Waals surface area contributed by atoms with Crippen molar-refractivity contribution in [3.63, 3.8) is 0 Å². The molecule has 0 aromatic heterocycles. The van der Waals surface area contributed by atoms with Gasteiger partial charge in [0.25, 0.3) is 0 Å². The first-order chi connectivity index (χ1) is 13.0. The fourth-order valence-electron chi connectivity index (χ4n) is 3.67. The molecule has 2 rings (SSSR count). The van der Waals surface area contributed by atoms with E-state index in [4.69, 9.17) is 10.5 Å². The molecular formula is C21H31F3N2O2. The lowest BCUT2D eigenvalue weighted by molar-refractivity contribution is -0.137. The second-order valence-electron chi connectivity index (χ2n) is 8.54. The second kappa shape index (κ2) is 9.16. The van der Waals surface area contributed by atoms with Crippen LogP contribution in [0.1, 0.15) is 63.5 Å². The molecule has 0 bridgehead atoms. The Kier molecular flexibility index (Phi) is 7.37. The molecule has 1 saturated heterocycles. The number of alkyl halides is 3.